The van der Waals surface area contributed by atoms with Crippen LogP contribution in [0.5, 0.6) is 0 Å². The maximum absolute atomic E-state index is 5.56. The minimum Gasteiger partial charge on any atom is -0.374 e. The van der Waals surface area contributed by atoms with Gasteiger partial charge in [-0.3, -0.25) is 0 Å². The standard InChI is InChI=1S/C12H15N3S/c1-8(2)7-9-3-5-10(6-4-9)11-14-15-12(13)16-11/h3-6,8H,7H2,1-2H3,(H2,13,15). The molecule has 16 heavy (non-hydrogen) atoms. The highest BCUT2D eigenvalue weighted by molar-refractivity contribution is 7.18. The van der Waals surface area contributed by atoms with Crippen LogP contribution in [0.3, 0.4) is 0 Å². The summed E-state index contributed by atoms with van der Waals surface area (Å²) in [6.45, 7) is 4.44. The van der Waals surface area contributed by atoms with Crippen molar-refractivity contribution in [2.24, 2.45) is 5.92 Å². The second kappa shape index (κ2) is 4.61. The Hall–Kier alpha value is -1.42. The van der Waals surface area contributed by atoms with E-state index in [9.17, 15) is 0 Å². The summed E-state index contributed by atoms with van der Waals surface area (Å²) in [5.74, 6) is 0.683. The third kappa shape index (κ3) is 2.58. The molecule has 3 nitrogen and oxygen atoms in total. The molecular weight excluding hydrogens is 218 g/mol. The lowest BCUT2D eigenvalue weighted by atomic mass is 10.0. The summed E-state index contributed by atoms with van der Waals surface area (Å²) in [4.78, 5) is 0. The van der Waals surface area contributed by atoms with Gasteiger partial charge in [-0.05, 0) is 17.9 Å². The molecule has 2 rings (SSSR count). The molecule has 0 unspecified atom stereocenters. The molecule has 4 heteroatoms. The van der Waals surface area contributed by atoms with Crippen molar-refractivity contribution in [1.82, 2.24) is 10.2 Å². The highest BCUT2D eigenvalue weighted by atomic mass is 32.1. The first kappa shape index (κ1) is 11.1. The van der Waals surface area contributed by atoms with E-state index in [1.807, 2.05) is 0 Å². The van der Waals surface area contributed by atoms with Gasteiger partial charge in [-0.25, -0.2) is 0 Å². The first-order valence-corrected chi connectivity index (χ1v) is 6.15. The van der Waals surface area contributed by atoms with Crippen molar-refractivity contribution in [3.05, 3.63) is 29.8 Å². The van der Waals surface area contributed by atoms with E-state index in [1.54, 1.807) is 0 Å². The lowest BCUT2D eigenvalue weighted by Gasteiger charge is -2.04. The molecule has 2 N–H and O–H groups in total. The fourth-order valence-corrected chi connectivity index (χ4v) is 2.22. The van der Waals surface area contributed by atoms with E-state index in [0.717, 1.165) is 17.0 Å². The zero-order valence-electron chi connectivity index (χ0n) is 9.47. The Kier molecular flexibility index (Phi) is 3.19. The van der Waals surface area contributed by atoms with E-state index in [0.29, 0.717) is 11.0 Å². The summed E-state index contributed by atoms with van der Waals surface area (Å²) in [5.41, 5.74) is 8.00. The zero-order chi connectivity index (χ0) is 11.5. The molecule has 0 aliphatic rings. The Morgan fingerprint density at radius 1 is 1.19 bits per heavy atom. The van der Waals surface area contributed by atoms with Gasteiger partial charge in [0.05, 0.1) is 0 Å². The topological polar surface area (TPSA) is 51.8 Å². The fraction of sp³-hybridized carbons (Fsp3) is 0.333. The van der Waals surface area contributed by atoms with Crippen LogP contribution in [0.2, 0.25) is 0 Å². The second-order valence-electron chi connectivity index (χ2n) is 4.24. The predicted molar refractivity (Wildman–Crippen MR) is 68.3 cm³/mol. The molecule has 0 amide bonds. The van der Waals surface area contributed by atoms with Gasteiger partial charge in [0.1, 0.15) is 5.01 Å². The number of benzene rings is 1. The van der Waals surface area contributed by atoms with Crippen LogP contribution in [-0.4, -0.2) is 10.2 Å². The number of nitrogens with two attached hydrogens (primary N) is 1. The maximum Gasteiger partial charge on any atom is 0.203 e. The number of aromatic nitrogens is 2. The quantitative estimate of drug-likeness (QED) is 0.886. The van der Waals surface area contributed by atoms with Crippen LogP contribution in [0.4, 0.5) is 5.13 Å². The van der Waals surface area contributed by atoms with Gasteiger partial charge in [0.2, 0.25) is 5.13 Å². The van der Waals surface area contributed by atoms with Crippen molar-refractivity contribution in [1.29, 1.82) is 0 Å². The van der Waals surface area contributed by atoms with Crippen molar-refractivity contribution in [2.45, 2.75) is 20.3 Å². The Morgan fingerprint density at radius 3 is 2.38 bits per heavy atom. The normalized spacial score (nSPS) is 10.9. The Bertz CT molecular complexity index is 459. The minimum atomic E-state index is 0.515. The van der Waals surface area contributed by atoms with E-state index in [4.69, 9.17) is 5.73 Å². The highest BCUT2D eigenvalue weighted by Gasteiger charge is 2.04. The molecule has 0 bridgehead atoms. The highest BCUT2D eigenvalue weighted by Crippen LogP contribution is 2.25. The predicted octanol–water partition coefficient (Wildman–Crippen LogP) is 2.99. The third-order valence-electron chi connectivity index (χ3n) is 2.29. The Labute approximate surface area is 99.3 Å². The molecule has 0 radical (unpaired) electrons. The third-order valence-corrected chi connectivity index (χ3v) is 3.09. The monoisotopic (exact) mass is 233 g/mol. The molecule has 2 aromatic rings. The van der Waals surface area contributed by atoms with E-state index in [-0.39, 0.29) is 0 Å². The number of hydrogen-bond acceptors (Lipinski definition) is 4. The van der Waals surface area contributed by atoms with Crippen LogP contribution in [0.15, 0.2) is 24.3 Å². The molecule has 1 aromatic carbocycles. The van der Waals surface area contributed by atoms with Crippen LogP contribution >= 0.6 is 11.3 Å². The van der Waals surface area contributed by atoms with Crippen molar-refractivity contribution < 1.29 is 0 Å². The largest absolute Gasteiger partial charge is 0.374 e. The lowest BCUT2D eigenvalue weighted by Crippen LogP contribution is -1.93. The minimum absolute atomic E-state index is 0.515. The van der Waals surface area contributed by atoms with Gasteiger partial charge in [0, 0.05) is 5.56 Å². The molecule has 0 saturated carbocycles. The van der Waals surface area contributed by atoms with Gasteiger partial charge in [-0.1, -0.05) is 49.4 Å². The molecule has 0 fully saturated rings. The molecule has 0 saturated heterocycles. The molecule has 84 valence electrons. The average molecular weight is 233 g/mol. The van der Waals surface area contributed by atoms with Gasteiger partial charge in [-0.15, -0.1) is 10.2 Å². The summed E-state index contributed by atoms with van der Waals surface area (Å²) in [6, 6.07) is 8.45. The Morgan fingerprint density at radius 2 is 1.88 bits per heavy atom. The number of anilines is 1. The Balaban J connectivity index is 2.19. The van der Waals surface area contributed by atoms with E-state index in [1.165, 1.54) is 16.9 Å². The van der Waals surface area contributed by atoms with Gasteiger partial charge >= 0.3 is 0 Å². The van der Waals surface area contributed by atoms with Gasteiger partial charge < -0.3 is 5.73 Å². The molecule has 0 aliphatic carbocycles. The molecule has 0 spiro atoms. The fourth-order valence-electron chi connectivity index (χ4n) is 1.61. The summed E-state index contributed by atoms with van der Waals surface area (Å²) in [7, 11) is 0. The van der Waals surface area contributed by atoms with Crippen LogP contribution in [-0.2, 0) is 6.42 Å². The van der Waals surface area contributed by atoms with Crippen molar-refractivity contribution in [2.75, 3.05) is 5.73 Å². The molecule has 0 aliphatic heterocycles. The van der Waals surface area contributed by atoms with E-state index in [2.05, 4.69) is 48.3 Å². The molecule has 1 aromatic heterocycles. The SMILES string of the molecule is CC(C)Cc1ccc(-c2nnc(N)s2)cc1. The molecule has 1 heterocycles. The average Bonchev–Trinajstić information content (AvgIpc) is 2.65. The summed E-state index contributed by atoms with van der Waals surface area (Å²) < 4.78 is 0. The van der Waals surface area contributed by atoms with E-state index >= 15 is 0 Å². The maximum atomic E-state index is 5.56. The number of nitrogen functional groups attached to an aromatic ring is 1. The lowest BCUT2D eigenvalue weighted by molar-refractivity contribution is 0.647. The second-order valence-corrected chi connectivity index (χ2v) is 5.25. The number of rotatable bonds is 3. The zero-order valence-corrected chi connectivity index (χ0v) is 10.3. The van der Waals surface area contributed by atoms with Crippen LogP contribution < -0.4 is 5.73 Å². The van der Waals surface area contributed by atoms with E-state index < -0.39 is 0 Å². The molecule has 0 atom stereocenters. The first-order valence-electron chi connectivity index (χ1n) is 5.33. The molecular formula is C12H15N3S. The van der Waals surface area contributed by atoms with Gasteiger partial charge in [-0.2, -0.15) is 0 Å². The van der Waals surface area contributed by atoms with Crippen molar-refractivity contribution in [3.63, 3.8) is 0 Å². The summed E-state index contributed by atoms with van der Waals surface area (Å²) in [6.07, 6.45) is 1.11. The van der Waals surface area contributed by atoms with Gasteiger partial charge in [0.25, 0.3) is 0 Å². The van der Waals surface area contributed by atoms with Crippen LogP contribution in [0.1, 0.15) is 19.4 Å². The van der Waals surface area contributed by atoms with Crippen molar-refractivity contribution >= 4 is 16.5 Å². The van der Waals surface area contributed by atoms with Crippen LogP contribution in [0.25, 0.3) is 10.6 Å². The smallest absolute Gasteiger partial charge is 0.203 e. The number of hydrogen-bond donors (Lipinski definition) is 1. The first-order chi connectivity index (χ1) is 7.65. The van der Waals surface area contributed by atoms with Crippen LogP contribution in [0, 0.1) is 5.92 Å². The summed E-state index contributed by atoms with van der Waals surface area (Å²) >= 11 is 1.42. The van der Waals surface area contributed by atoms with Crippen molar-refractivity contribution in [3.8, 4) is 10.6 Å². The number of nitrogens with zero attached hydrogens (tertiary/aromatic N) is 2. The summed E-state index contributed by atoms with van der Waals surface area (Å²) in [5, 5.41) is 9.23. The van der Waals surface area contributed by atoms with Gasteiger partial charge in [0.15, 0.2) is 0 Å².